The van der Waals surface area contributed by atoms with Crippen molar-refractivity contribution in [2.45, 2.75) is 26.5 Å². The van der Waals surface area contributed by atoms with E-state index in [2.05, 4.69) is 15.6 Å². The first-order valence-electron chi connectivity index (χ1n) is 8.51. The fraction of sp³-hybridized carbons (Fsp3) is 0.263. The lowest BCUT2D eigenvalue weighted by Crippen LogP contribution is -2.30. The van der Waals surface area contributed by atoms with Crippen LogP contribution in [0.3, 0.4) is 0 Å². The lowest BCUT2D eigenvalue weighted by Gasteiger charge is -2.15. The van der Waals surface area contributed by atoms with Crippen LogP contribution >= 0.6 is 0 Å². The highest BCUT2D eigenvalue weighted by atomic mass is 16.5. The topological polar surface area (TPSA) is 95.3 Å². The highest BCUT2D eigenvalue weighted by Gasteiger charge is 2.20. The molecule has 0 radical (unpaired) electrons. The predicted octanol–water partition coefficient (Wildman–Crippen LogP) is 2.64. The number of amides is 1. The summed E-state index contributed by atoms with van der Waals surface area (Å²) in [5.74, 6) is -0.537. The van der Waals surface area contributed by atoms with Gasteiger partial charge >= 0.3 is 5.97 Å². The van der Waals surface area contributed by atoms with Crippen molar-refractivity contribution < 1.29 is 19.1 Å². The van der Waals surface area contributed by atoms with Crippen LogP contribution in [-0.4, -0.2) is 40.1 Å². The Morgan fingerprint density at radius 2 is 2.00 bits per heavy atom. The normalized spacial score (nSPS) is 11.8. The summed E-state index contributed by atoms with van der Waals surface area (Å²) in [6.45, 7) is 4.15. The third kappa shape index (κ3) is 3.89. The molecular formula is C19H20N4O4. The van der Waals surface area contributed by atoms with Crippen LogP contribution in [0.15, 0.2) is 42.5 Å². The lowest BCUT2D eigenvalue weighted by atomic mass is 10.2. The maximum absolute atomic E-state index is 12.4. The number of hydrogen-bond donors (Lipinski definition) is 1. The molecule has 2 aromatic carbocycles. The first kappa shape index (κ1) is 18.4. The molecule has 1 aromatic heterocycles. The van der Waals surface area contributed by atoms with Gasteiger partial charge in [0.25, 0.3) is 5.91 Å². The van der Waals surface area contributed by atoms with Crippen LogP contribution in [0.2, 0.25) is 0 Å². The van der Waals surface area contributed by atoms with Gasteiger partial charge in [0.2, 0.25) is 0 Å². The van der Waals surface area contributed by atoms with E-state index in [-0.39, 0.29) is 0 Å². The molecule has 0 aliphatic rings. The van der Waals surface area contributed by atoms with Crippen LogP contribution in [0.5, 0.6) is 5.75 Å². The number of para-hydroxylation sites is 2. The average Bonchev–Trinajstić information content (AvgIpc) is 3.10. The molecule has 27 heavy (non-hydrogen) atoms. The lowest BCUT2D eigenvalue weighted by molar-refractivity contribution is -0.123. The number of rotatable bonds is 6. The SMILES string of the molecule is CCn1nnc2cc(C(=O)O[C@@H](C)C(=O)Nc3ccccc3OC)ccc21. The van der Waals surface area contributed by atoms with Gasteiger partial charge in [-0.15, -0.1) is 5.10 Å². The molecule has 3 aromatic rings. The molecule has 0 saturated heterocycles. The molecule has 0 spiro atoms. The number of ether oxygens (including phenoxy) is 2. The molecule has 1 heterocycles. The van der Waals surface area contributed by atoms with E-state index in [1.54, 1.807) is 47.1 Å². The van der Waals surface area contributed by atoms with Gasteiger partial charge in [-0.2, -0.15) is 0 Å². The molecule has 1 atom stereocenters. The number of fused-ring (bicyclic) bond motifs is 1. The summed E-state index contributed by atoms with van der Waals surface area (Å²) in [7, 11) is 1.51. The highest BCUT2D eigenvalue weighted by Crippen LogP contribution is 2.23. The fourth-order valence-corrected chi connectivity index (χ4v) is 2.60. The van der Waals surface area contributed by atoms with Crippen LogP contribution < -0.4 is 10.1 Å². The van der Waals surface area contributed by atoms with Crippen molar-refractivity contribution in [3.63, 3.8) is 0 Å². The molecule has 0 unspecified atom stereocenters. The molecule has 0 aliphatic carbocycles. The van der Waals surface area contributed by atoms with Crippen molar-refractivity contribution in [1.82, 2.24) is 15.0 Å². The van der Waals surface area contributed by atoms with E-state index < -0.39 is 18.0 Å². The second kappa shape index (κ2) is 7.86. The number of esters is 1. The summed E-state index contributed by atoms with van der Waals surface area (Å²) in [4.78, 5) is 24.7. The van der Waals surface area contributed by atoms with E-state index in [9.17, 15) is 9.59 Å². The van der Waals surface area contributed by atoms with Crippen LogP contribution in [0.1, 0.15) is 24.2 Å². The second-order valence-corrected chi connectivity index (χ2v) is 5.85. The number of benzene rings is 2. The average molecular weight is 368 g/mol. The Hall–Kier alpha value is -3.42. The largest absolute Gasteiger partial charge is 0.495 e. The van der Waals surface area contributed by atoms with Crippen molar-refractivity contribution >= 4 is 28.6 Å². The van der Waals surface area contributed by atoms with E-state index in [1.165, 1.54) is 14.0 Å². The zero-order valence-electron chi connectivity index (χ0n) is 15.3. The summed E-state index contributed by atoms with van der Waals surface area (Å²) in [5.41, 5.74) is 2.24. The first-order chi connectivity index (χ1) is 13.0. The van der Waals surface area contributed by atoms with E-state index in [0.29, 0.717) is 29.1 Å². The van der Waals surface area contributed by atoms with Gasteiger partial charge in [-0.1, -0.05) is 17.3 Å². The number of aromatic nitrogens is 3. The molecule has 0 saturated carbocycles. The molecule has 0 bridgehead atoms. The Morgan fingerprint density at radius 1 is 1.22 bits per heavy atom. The Balaban J connectivity index is 1.68. The number of anilines is 1. The van der Waals surface area contributed by atoms with Gasteiger partial charge in [-0.25, -0.2) is 9.48 Å². The maximum atomic E-state index is 12.4. The van der Waals surface area contributed by atoms with Crippen LogP contribution in [0.4, 0.5) is 5.69 Å². The van der Waals surface area contributed by atoms with E-state index in [4.69, 9.17) is 9.47 Å². The highest BCUT2D eigenvalue weighted by molar-refractivity contribution is 5.99. The quantitative estimate of drug-likeness (QED) is 0.672. The van der Waals surface area contributed by atoms with Gasteiger partial charge in [0.15, 0.2) is 6.10 Å². The van der Waals surface area contributed by atoms with Gasteiger partial charge in [0, 0.05) is 6.54 Å². The van der Waals surface area contributed by atoms with Crippen molar-refractivity contribution in [2.75, 3.05) is 12.4 Å². The summed E-state index contributed by atoms with van der Waals surface area (Å²) in [5, 5.41) is 10.7. The van der Waals surface area contributed by atoms with Crippen LogP contribution in [-0.2, 0) is 16.1 Å². The van der Waals surface area contributed by atoms with Crippen molar-refractivity contribution in [3.8, 4) is 5.75 Å². The molecule has 3 rings (SSSR count). The maximum Gasteiger partial charge on any atom is 0.338 e. The van der Waals surface area contributed by atoms with Gasteiger partial charge in [-0.05, 0) is 44.2 Å². The van der Waals surface area contributed by atoms with Gasteiger partial charge in [-0.3, -0.25) is 4.79 Å². The van der Waals surface area contributed by atoms with Gasteiger partial charge < -0.3 is 14.8 Å². The number of nitrogens with one attached hydrogen (secondary N) is 1. The predicted molar refractivity (Wildman–Crippen MR) is 99.7 cm³/mol. The van der Waals surface area contributed by atoms with Crippen LogP contribution in [0.25, 0.3) is 11.0 Å². The molecule has 8 nitrogen and oxygen atoms in total. The Labute approximate surface area is 156 Å². The number of hydrogen-bond acceptors (Lipinski definition) is 6. The zero-order valence-corrected chi connectivity index (χ0v) is 15.3. The minimum atomic E-state index is -0.982. The Morgan fingerprint density at radius 3 is 2.74 bits per heavy atom. The standard InChI is InChI=1S/C19H20N4O4/c1-4-23-16-10-9-13(11-15(16)21-22-23)19(25)27-12(2)18(24)20-14-7-5-6-8-17(14)26-3/h5-12H,4H2,1-3H3,(H,20,24)/t12-/m0/s1. The summed E-state index contributed by atoms with van der Waals surface area (Å²) >= 11 is 0. The number of carbonyl (C=O) groups excluding carboxylic acids is 2. The second-order valence-electron chi connectivity index (χ2n) is 5.85. The van der Waals surface area contributed by atoms with Crippen molar-refractivity contribution in [1.29, 1.82) is 0 Å². The Kier molecular flexibility index (Phi) is 5.35. The van der Waals surface area contributed by atoms with Crippen molar-refractivity contribution in [3.05, 3.63) is 48.0 Å². The third-order valence-electron chi connectivity index (χ3n) is 4.07. The Bertz CT molecular complexity index is 983. The van der Waals surface area contributed by atoms with E-state index in [1.807, 2.05) is 6.92 Å². The first-order valence-corrected chi connectivity index (χ1v) is 8.51. The summed E-state index contributed by atoms with van der Waals surface area (Å²) in [6, 6.07) is 12.0. The summed E-state index contributed by atoms with van der Waals surface area (Å²) < 4.78 is 12.2. The molecule has 8 heteroatoms. The number of aryl methyl sites for hydroxylation is 1. The molecule has 0 fully saturated rings. The van der Waals surface area contributed by atoms with Crippen LogP contribution in [0, 0.1) is 0 Å². The molecular weight excluding hydrogens is 348 g/mol. The van der Waals surface area contributed by atoms with Gasteiger partial charge in [0.1, 0.15) is 11.3 Å². The smallest absolute Gasteiger partial charge is 0.338 e. The molecule has 1 amide bonds. The third-order valence-corrected chi connectivity index (χ3v) is 4.07. The minimum Gasteiger partial charge on any atom is -0.495 e. The van der Waals surface area contributed by atoms with Crippen molar-refractivity contribution in [2.24, 2.45) is 0 Å². The molecule has 0 aliphatic heterocycles. The van der Waals surface area contributed by atoms with E-state index >= 15 is 0 Å². The zero-order chi connectivity index (χ0) is 19.4. The number of carbonyl (C=O) groups is 2. The number of nitrogens with zero attached hydrogens (tertiary/aromatic N) is 3. The van der Waals surface area contributed by atoms with E-state index in [0.717, 1.165) is 5.52 Å². The summed E-state index contributed by atoms with van der Waals surface area (Å²) in [6.07, 6.45) is -0.982. The van der Waals surface area contributed by atoms with Gasteiger partial charge in [0.05, 0.1) is 23.9 Å². The molecule has 140 valence electrons. The minimum absolute atomic E-state index is 0.308. The number of methoxy groups -OCH3 is 1. The molecule has 1 N–H and O–H groups in total. The monoisotopic (exact) mass is 368 g/mol. The fourth-order valence-electron chi connectivity index (χ4n) is 2.60.